The van der Waals surface area contributed by atoms with Crippen LogP contribution in [0.2, 0.25) is 0 Å². The Balaban J connectivity index is 1.70. The van der Waals surface area contributed by atoms with Crippen molar-refractivity contribution in [2.75, 3.05) is 26.9 Å². The first kappa shape index (κ1) is 24.4. The number of aryl methyl sites for hydroxylation is 1. The molecule has 0 aliphatic carbocycles. The predicted molar refractivity (Wildman–Crippen MR) is 136 cm³/mol. The summed E-state index contributed by atoms with van der Waals surface area (Å²) in [6.07, 6.45) is 5.31. The monoisotopic (exact) mass is 476 g/mol. The second-order valence-corrected chi connectivity index (χ2v) is 8.55. The van der Waals surface area contributed by atoms with E-state index in [0.717, 1.165) is 60.1 Å². The van der Waals surface area contributed by atoms with Crippen LogP contribution in [0.4, 0.5) is 0 Å². The summed E-state index contributed by atoms with van der Waals surface area (Å²) in [6.45, 7) is 9.85. The Morgan fingerprint density at radius 3 is 2.60 bits per heavy atom. The van der Waals surface area contributed by atoms with Crippen LogP contribution in [0.5, 0.6) is 0 Å². The van der Waals surface area contributed by atoms with E-state index in [-0.39, 0.29) is 18.5 Å². The molecule has 1 aromatic carbocycles. The number of rotatable bonds is 8. The van der Waals surface area contributed by atoms with Crippen molar-refractivity contribution in [1.82, 2.24) is 19.5 Å². The van der Waals surface area contributed by atoms with Gasteiger partial charge in [-0.15, -0.1) is 0 Å². The van der Waals surface area contributed by atoms with Gasteiger partial charge in [-0.05, 0) is 62.1 Å². The van der Waals surface area contributed by atoms with Gasteiger partial charge in [0.1, 0.15) is 12.8 Å². The third-order valence-corrected chi connectivity index (χ3v) is 6.46. The molecule has 9 heteroatoms. The quantitative estimate of drug-likeness (QED) is 0.507. The molecule has 1 aliphatic heterocycles. The van der Waals surface area contributed by atoms with Crippen LogP contribution in [-0.2, 0) is 16.1 Å². The average Bonchev–Trinajstić information content (AvgIpc) is 3.55. The third kappa shape index (κ3) is 5.05. The second-order valence-electron chi connectivity index (χ2n) is 8.55. The number of pyridine rings is 1. The van der Waals surface area contributed by atoms with E-state index >= 15 is 0 Å². The van der Waals surface area contributed by atoms with Crippen LogP contribution in [0.25, 0.3) is 22.0 Å². The minimum absolute atomic E-state index is 0.0817. The van der Waals surface area contributed by atoms with E-state index in [1.165, 1.54) is 7.11 Å². The fourth-order valence-electron chi connectivity index (χ4n) is 4.35. The molecule has 3 heterocycles. The van der Waals surface area contributed by atoms with Crippen molar-refractivity contribution in [1.29, 1.82) is 0 Å². The number of aromatic nitrogens is 2. The topological polar surface area (TPSA) is 93.2 Å². The lowest BCUT2D eigenvalue weighted by molar-refractivity contribution is -0.129. The molecule has 0 bridgehead atoms. The number of nitrogens with one attached hydrogen (secondary N) is 1. The van der Waals surface area contributed by atoms with E-state index in [4.69, 9.17) is 4.74 Å². The number of benzene rings is 1. The van der Waals surface area contributed by atoms with Gasteiger partial charge >= 0.3 is 0 Å². The summed E-state index contributed by atoms with van der Waals surface area (Å²) >= 11 is 0. The summed E-state index contributed by atoms with van der Waals surface area (Å²) in [5, 5.41) is 7.65. The number of likely N-dealkylation sites (tertiary alicyclic amines) is 1. The van der Waals surface area contributed by atoms with Crippen LogP contribution >= 0.6 is 0 Å². The molecule has 2 amide bonds. The number of methoxy groups -OCH3 is 1. The minimum Gasteiger partial charge on any atom is -0.372 e. The van der Waals surface area contributed by atoms with Crippen LogP contribution < -0.4 is 10.8 Å². The van der Waals surface area contributed by atoms with Crippen LogP contribution in [0.3, 0.4) is 0 Å². The Morgan fingerprint density at radius 1 is 1.17 bits per heavy atom. The van der Waals surface area contributed by atoms with Gasteiger partial charge in [-0.2, -0.15) is 5.10 Å². The van der Waals surface area contributed by atoms with Gasteiger partial charge in [0.15, 0.2) is 5.49 Å². The van der Waals surface area contributed by atoms with Crippen molar-refractivity contribution in [3.63, 3.8) is 0 Å². The fraction of sp³-hybridized carbons (Fsp3) is 0.385. The minimum atomic E-state index is -0.555. The summed E-state index contributed by atoms with van der Waals surface area (Å²) in [6, 6.07) is 9.99. The molecule has 1 N–H and O–H groups in total. The molecule has 0 saturated carbocycles. The molecule has 0 radical (unpaired) electrons. The molecule has 1 fully saturated rings. The van der Waals surface area contributed by atoms with Gasteiger partial charge in [-0.1, -0.05) is 6.07 Å². The molecule has 35 heavy (non-hydrogen) atoms. The zero-order valence-electron chi connectivity index (χ0n) is 20.5. The summed E-state index contributed by atoms with van der Waals surface area (Å²) < 4.78 is 8.69. The van der Waals surface area contributed by atoms with Gasteiger partial charge in [0, 0.05) is 56.8 Å². The summed E-state index contributed by atoms with van der Waals surface area (Å²) in [5.41, 5.74) is 4.21. The van der Waals surface area contributed by atoms with E-state index in [2.05, 4.69) is 45.8 Å². The molecular formula is C26H32N6O3. The highest BCUT2D eigenvalue weighted by molar-refractivity contribution is 6.08. The van der Waals surface area contributed by atoms with E-state index in [0.29, 0.717) is 5.49 Å². The normalized spacial score (nSPS) is 14.9. The molecule has 0 spiro atoms. The number of carbonyl (C=O) groups is 2. The average molecular weight is 477 g/mol. The Labute approximate surface area is 204 Å². The summed E-state index contributed by atoms with van der Waals surface area (Å²) in [4.78, 5) is 31.6. The Kier molecular flexibility index (Phi) is 7.45. The summed E-state index contributed by atoms with van der Waals surface area (Å²) in [5.74, 6) is -0.151. The number of nitrogens with zero attached hydrogens (tertiary/aromatic N) is 5. The fourth-order valence-corrected chi connectivity index (χ4v) is 4.35. The van der Waals surface area contributed by atoms with Crippen LogP contribution in [-0.4, -0.2) is 65.6 Å². The zero-order valence-corrected chi connectivity index (χ0v) is 20.5. The first-order chi connectivity index (χ1) is 17.0. The van der Waals surface area contributed by atoms with Gasteiger partial charge < -0.3 is 19.5 Å². The highest BCUT2D eigenvalue weighted by Gasteiger charge is 2.23. The zero-order chi connectivity index (χ0) is 24.9. The molecule has 4 rings (SSSR count). The Bertz CT molecular complexity index is 1320. The van der Waals surface area contributed by atoms with Crippen molar-refractivity contribution in [2.24, 2.45) is 10.1 Å². The SMILES string of the molecule is C=Nn1ccc(-c2ccc3c(c2)c(C(=O)N2CCCC2)cn3CC)c/c1=N/CNC(=O)[C@H](C)OC. The molecule has 1 saturated heterocycles. The molecule has 184 valence electrons. The number of carbonyl (C=O) groups excluding carboxylic acids is 2. The highest BCUT2D eigenvalue weighted by atomic mass is 16.5. The lowest BCUT2D eigenvalue weighted by Gasteiger charge is -2.14. The highest BCUT2D eigenvalue weighted by Crippen LogP contribution is 2.29. The number of fused-ring (bicyclic) bond motifs is 1. The number of amides is 2. The maximum absolute atomic E-state index is 13.3. The molecular weight excluding hydrogens is 444 g/mol. The maximum Gasteiger partial charge on any atom is 0.256 e. The van der Waals surface area contributed by atoms with Gasteiger partial charge in [0.05, 0.1) is 5.56 Å². The molecule has 0 unspecified atom stereocenters. The van der Waals surface area contributed by atoms with E-state index in [9.17, 15) is 9.59 Å². The smallest absolute Gasteiger partial charge is 0.256 e. The van der Waals surface area contributed by atoms with Crippen LogP contribution in [0, 0.1) is 0 Å². The van der Waals surface area contributed by atoms with E-state index < -0.39 is 6.10 Å². The molecule has 1 atom stereocenters. The van der Waals surface area contributed by atoms with Crippen LogP contribution in [0.1, 0.15) is 37.0 Å². The van der Waals surface area contributed by atoms with Crippen molar-refractivity contribution in [2.45, 2.75) is 39.3 Å². The lowest BCUT2D eigenvalue weighted by Crippen LogP contribution is -2.34. The first-order valence-corrected chi connectivity index (χ1v) is 11.9. The van der Waals surface area contributed by atoms with Gasteiger partial charge in [0.2, 0.25) is 5.91 Å². The Hall–Kier alpha value is -3.72. The second kappa shape index (κ2) is 10.7. The molecule has 1 aliphatic rings. The summed E-state index contributed by atoms with van der Waals surface area (Å²) in [7, 11) is 1.48. The van der Waals surface area contributed by atoms with E-state index in [1.807, 2.05) is 29.3 Å². The standard InChI is InChI=1S/C26H32N6O3/c1-5-30-16-22(26(34)31-11-6-7-12-31)21-14-19(8-9-23(21)30)20-10-13-32(27-3)24(15-20)28-17-29-25(33)18(2)35-4/h8-10,13-16,18H,3,5-7,11-12,17H2,1-2,4H3,(H,29,33)/b28-24-/t18-/m0/s1. The Morgan fingerprint density at radius 2 is 1.91 bits per heavy atom. The molecule has 9 nitrogen and oxygen atoms in total. The molecule has 3 aromatic rings. The first-order valence-electron chi connectivity index (χ1n) is 11.9. The van der Waals surface area contributed by atoms with Crippen molar-refractivity contribution in [3.8, 4) is 11.1 Å². The van der Waals surface area contributed by atoms with Crippen molar-refractivity contribution < 1.29 is 14.3 Å². The van der Waals surface area contributed by atoms with Gasteiger partial charge in [-0.3, -0.25) is 9.59 Å². The van der Waals surface area contributed by atoms with Gasteiger partial charge in [0.25, 0.3) is 5.91 Å². The van der Waals surface area contributed by atoms with E-state index in [1.54, 1.807) is 17.8 Å². The lowest BCUT2D eigenvalue weighted by atomic mass is 10.0. The number of hydrogen-bond donors (Lipinski definition) is 1. The third-order valence-electron chi connectivity index (χ3n) is 6.46. The van der Waals surface area contributed by atoms with Crippen LogP contribution in [0.15, 0.2) is 52.8 Å². The maximum atomic E-state index is 13.3. The van der Waals surface area contributed by atoms with Crippen molar-refractivity contribution in [3.05, 3.63) is 53.8 Å². The molecule has 2 aromatic heterocycles. The van der Waals surface area contributed by atoms with Crippen molar-refractivity contribution >= 4 is 29.4 Å². The number of hydrogen-bond acceptors (Lipinski definition) is 5. The largest absolute Gasteiger partial charge is 0.372 e. The number of ether oxygens (including phenoxy) is 1. The predicted octanol–water partition coefficient (Wildman–Crippen LogP) is 2.84. The van der Waals surface area contributed by atoms with Gasteiger partial charge in [-0.25, -0.2) is 9.67 Å².